The van der Waals surface area contributed by atoms with Crippen LogP contribution < -0.4 is 9.64 Å². The number of fused-ring (bicyclic) bond motifs is 3. The first kappa shape index (κ1) is 43.2. The van der Waals surface area contributed by atoms with Gasteiger partial charge in [0, 0.05) is 62.1 Å². The molecular formula is C44H59ClFN9O6. The molecule has 1 unspecified atom stereocenters. The van der Waals surface area contributed by atoms with E-state index >= 15 is 0 Å². The Balaban J connectivity index is 1.19. The van der Waals surface area contributed by atoms with E-state index in [-0.39, 0.29) is 36.9 Å². The minimum absolute atomic E-state index is 0.146. The van der Waals surface area contributed by atoms with Crippen molar-refractivity contribution in [1.82, 2.24) is 39.7 Å². The van der Waals surface area contributed by atoms with Gasteiger partial charge in [-0.05, 0) is 116 Å². The number of nitrogens with zero attached hydrogens (tertiary/aromatic N) is 9. The molecule has 0 radical (unpaired) electrons. The molecule has 4 fully saturated rings. The number of halogens is 2. The third kappa shape index (κ3) is 9.36. The predicted molar refractivity (Wildman–Crippen MR) is 230 cm³/mol. The average Bonchev–Trinajstić information content (AvgIpc) is 3.92. The van der Waals surface area contributed by atoms with Crippen LogP contribution in [0.15, 0.2) is 18.3 Å². The second kappa shape index (κ2) is 18.1. The monoisotopic (exact) mass is 863 g/mol. The number of alkyl halides is 1. The smallest absolute Gasteiger partial charge is 0.410 e. The Morgan fingerprint density at radius 3 is 2.70 bits per heavy atom. The minimum Gasteiger partial charge on any atom is -0.466 e. The van der Waals surface area contributed by atoms with Crippen LogP contribution in [-0.4, -0.2) is 128 Å². The Labute approximate surface area is 361 Å². The van der Waals surface area contributed by atoms with Gasteiger partial charge in [0.1, 0.15) is 23.9 Å². The summed E-state index contributed by atoms with van der Waals surface area (Å²) in [6.07, 6.45) is 9.29. The zero-order valence-corrected chi connectivity index (χ0v) is 36.9. The summed E-state index contributed by atoms with van der Waals surface area (Å²) in [6.45, 7) is 11.1. The molecule has 15 nitrogen and oxygen atoms in total. The van der Waals surface area contributed by atoms with E-state index in [1.54, 1.807) is 18.9 Å². The van der Waals surface area contributed by atoms with Gasteiger partial charge in [-0.15, -0.1) is 10.2 Å². The maximum Gasteiger partial charge on any atom is 0.410 e. The van der Waals surface area contributed by atoms with Crippen LogP contribution in [0.3, 0.4) is 0 Å². The number of hydrogen-bond acceptors (Lipinski definition) is 13. The van der Waals surface area contributed by atoms with Crippen LogP contribution in [0.4, 0.5) is 15.0 Å². The van der Waals surface area contributed by atoms with E-state index in [4.69, 9.17) is 55.8 Å². The molecule has 4 atom stereocenters. The molecular weight excluding hydrogens is 805 g/mol. The molecule has 3 aromatic heterocycles. The summed E-state index contributed by atoms with van der Waals surface area (Å²) in [7, 11) is 1.77. The zero-order valence-electron chi connectivity index (χ0n) is 36.1. The minimum atomic E-state index is -0.898. The molecule has 0 N–H and O–H groups in total. The Kier molecular flexibility index (Phi) is 12.9. The van der Waals surface area contributed by atoms with Crippen molar-refractivity contribution in [1.29, 1.82) is 0 Å². The van der Waals surface area contributed by atoms with Crippen molar-refractivity contribution in [2.75, 3.05) is 57.9 Å². The summed E-state index contributed by atoms with van der Waals surface area (Å²) in [6, 6.07) is 3.88. The number of esters is 1. The lowest BCUT2D eigenvalue weighted by Gasteiger charge is -2.38. The number of carbonyl (C=O) groups is 2. The van der Waals surface area contributed by atoms with Gasteiger partial charge in [0.05, 0.1) is 35.6 Å². The van der Waals surface area contributed by atoms with Gasteiger partial charge in [0.25, 0.3) is 0 Å². The van der Waals surface area contributed by atoms with E-state index < -0.39 is 17.3 Å². The second-order valence-electron chi connectivity index (χ2n) is 18.1. The third-order valence-electron chi connectivity index (χ3n) is 12.6. The maximum absolute atomic E-state index is 14.8. The van der Waals surface area contributed by atoms with Crippen LogP contribution in [0.2, 0.25) is 5.02 Å². The summed E-state index contributed by atoms with van der Waals surface area (Å²) in [5, 5.41) is 16.0. The van der Waals surface area contributed by atoms with Crippen molar-refractivity contribution in [2.45, 2.75) is 134 Å². The van der Waals surface area contributed by atoms with Crippen LogP contribution in [0.25, 0.3) is 33.2 Å². The maximum atomic E-state index is 14.8. The number of likely N-dealkylation sites (N-methyl/N-ethyl adjacent to an activating group) is 1. The van der Waals surface area contributed by atoms with E-state index in [2.05, 4.69) is 9.80 Å². The quantitative estimate of drug-likeness (QED) is 0.0949. The van der Waals surface area contributed by atoms with Crippen LogP contribution in [-0.2, 0) is 25.4 Å². The largest absolute Gasteiger partial charge is 0.466 e. The standard InChI is InChI=1S/C44H59ClFN9O6/c1-6-58-37(56)16-8-7-14-30-32(45)21-35-31(24-47-55(35)36-15-9-10-20-59-36)38(30)33-22-34-39(51-50-33)40(53-18-11-13-29(26-53)52(5)42(57)61-43(2,3)4)49-41(48-34)60-27-44-17-12-19-54(44)25-28(46)23-44/h21-22,24,28-29,36H,6-20,23,25-27H2,1-5H3/t28-,29-,36?,44+/m1/s1. The predicted octanol–water partition coefficient (Wildman–Crippen LogP) is 7.86. The normalized spacial score (nSPS) is 23.4. The lowest BCUT2D eigenvalue weighted by atomic mass is 9.95. The van der Waals surface area contributed by atoms with Gasteiger partial charge < -0.3 is 28.7 Å². The molecule has 8 rings (SSSR count). The summed E-state index contributed by atoms with van der Waals surface area (Å²) >= 11 is 7.20. The molecule has 4 saturated heterocycles. The number of anilines is 1. The SMILES string of the molecule is CCOC(=O)CCCCc1c(Cl)cc2c(cnn2C2CCCCO2)c1-c1cc2nc(OC[C@@]34CCCN3C[C@H](F)C4)nc(N3CCC[C@@H](N(C)C(=O)OC(C)(C)C)C3)c2nn1. The van der Waals surface area contributed by atoms with Crippen LogP contribution in [0, 0.1) is 0 Å². The van der Waals surface area contributed by atoms with Crippen LogP contribution in [0.5, 0.6) is 6.01 Å². The number of amides is 1. The van der Waals surface area contributed by atoms with Crippen molar-refractivity contribution in [2.24, 2.45) is 0 Å². The highest BCUT2D eigenvalue weighted by Crippen LogP contribution is 2.42. The van der Waals surface area contributed by atoms with Crippen molar-refractivity contribution in [3.63, 3.8) is 0 Å². The zero-order chi connectivity index (χ0) is 42.9. The van der Waals surface area contributed by atoms with E-state index in [1.165, 1.54) is 0 Å². The molecule has 0 saturated carbocycles. The Morgan fingerprint density at radius 2 is 1.92 bits per heavy atom. The molecule has 0 aliphatic carbocycles. The fourth-order valence-corrected chi connectivity index (χ4v) is 9.88. The van der Waals surface area contributed by atoms with Gasteiger partial charge in [-0.2, -0.15) is 15.1 Å². The highest BCUT2D eigenvalue weighted by atomic mass is 35.5. The average molecular weight is 864 g/mol. The molecule has 330 valence electrons. The third-order valence-corrected chi connectivity index (χ3v) is 12.9. The summed E-state index contributed by atoms with van der Waals surface area (Å²) in [5.41, 5.74) is 3.02. The van der Waals surface area contributed by atoms with E-state index in [0.717, 1.165) is 73.5 Å². The van der Waals surface area contributed by atoms with Gasteiger partial charge in [0.15, 0.2) is 17.6 Å². The molecule has 17 heteroatoms. The highest BCUT2D eigenvalue weighted by molar-refractivity contribution is 6.33. The molecule has 7 heterocycles. The van der Waals surface area contributed by atoms with Crippen molar-refractivity contribution >= 4 is 51.4 Å². The highest BCUT2D eigenvalue weighted by Gasteiger charge is 2.49. The molecule has 0 spiro atoms. The van der Waals surface area contributed by atoms with Gasteiger partial charge >= 0.3 is 18.1 Å². The molecule has 0 bridgehead atoms. The molecule has 4 aliphatic heterocycles. The van der Waals surface area contributed by atoms with Gasteiger partial charge in [0.2, 0.25) is 0 Å². The fourth-order valence-electron chi connectivity index (χ4n) is 9.58. The molecule has 1 aromatic carbocycles. The van der Waals surface area contributed by atoms with Gasteiger partial charge in [-0.25, -0.2) is 13.9 Å². The Bertz CT molecular complexity index is 2230. The fraction of sp³-hybridized carbons (Fsp3) is 0.659. The number of carbonyl (C=O) groups excluding carboxylic acids is 2. The summed E-state index contributed by atoms with van der Waals surface area (Å²) in [5.74, 6) is 0.329. The molecule has 61 heavy (non-hydrogen) atoms. The van der Waals surface area contributed by atoms with Crippen LogP contribution >= 0.6 is 11.6 Å². The summed E-state index contributed by atoms with van der Waals surface area (Å²) in [4.78, 5) is 41.3. The van der Waals surface area contributed by atoms with Crippen molar-refractivity contribution in [3.05, 3.63) is 28.9 Å². The van der Waals surface area contributed by atoms with E-state index in [1.807, 2.05) is 43.8 Å². The first-order valence-corrected chi connectivity index (χ1v) is 22.4. The van der Waals surface area contributed by atoms with Crippen LogP contribution in [0.1, 0.15) is 110 Å². The number of rotatable bonds is 13. The van der Waals surface area contributed by atoms with E-state index in [9.17, 15) is 14.0 Å². The van der Waals surface area contributed by atoms with Crippen molar-refractivity contribution < 1.29 is 32.9 Å². The number of piperidine rings is 1. The van der Waals surface area contributed by atoms with Gasteiger partial charge in [-0.3, -0.25) is 9.69 Å². The molecule has 4 aromatic rings. The number of benzene rings is 1. The first-order chi connectivity index (χ1) is 29.3. The topological polar surface area (TPSA) is 150 Å². The number of ether oxygens (including phenoxy) is 4. The summed E-state index contributed by atoms with van der Waals surface area (Å²) < 4.78 is 40.3. The second-order valence-corrected chi connectivity index (χ2v) is 18.5. The number of unbranched alkanes of at least 4 members (excludes halogenated alkanes) is 1. The molecule has 4 aliphatic rings. The first-order valence-electron chi connectivity index (χ1n) is 22.1. The van der Waals surface area contributed by atoms with Gasteiger partial charge in [-0.1, -0.05) is 11.6 Å². The lowest BCUT2D eigenvalue weighted by molar-refractivity contribution is -0.143. The number of hydrogen-bond donors (Lipinski definition) is 0. The Hall–Kier alpha value is -4.41. The lowest BCUT2D eigenvalue weighted by Crippen LogP contribution is -2.50. The van der Waals surface area contributed by atoms with Crippen molar-refractivity contribution in [3.8, 4) is 17.3 Å². The Morgan fingerprint density at radius 1 is 1.07 bits per heavy atom. The number of aromatic nitrogens is 6. The van der Waals surface area contributed by atoms with E-state index in [0.29, 0.717) is 92.5 Å². The molecule has 1 amide bonds.